The molecule has 0 aromatic heterocycles. The minimum absolute atomic E-state index is 0.0245. The average molecular weight is 282 g/mol. The fraction of sp³-hybridized carbons (Fsp3) is 0.333. The van der Waals surface area contributed by atoms with Crippen molar-refractivity contribution in [3.8, 4) is 0 Å². The monoisotopic (exact) mass is 282 g/mol. The Hall–Kier alpha value is -2.16. The number of Topliss-reactive ketones (excluding diaryl/α,β-unsaturated/α-hetero) is 1. The molecule has 1 fully saturated rings. The molecule has 3 unspecified atom stereocenters. The highest BCUT2D eigenvalue weighted by atomic mass is 16.4. The highest BCUT2D eigenvalue weighted by Crippen LogP contribution is 2.39. The van der Waals surface area contributed by atoms with Gasteiger partial charge in [-0.2, -0.15) is 0 Å². The third-order valence-corrected chi connectivity index (χ3v) is 4.51. The SMILES string of the molecule is CC1CC(C(=O)O)C(C(=O)c2cccc3ccccc23)C1. The van der Waals surface area contributed by atoms with Gasteiger partial charge in [0, 0.05) is 11.5 Å². The van der Waals surface area contributed by atoms with Crippen LogP contribution in [-0.4, -0.2) is 16.9 Å². The van der Waals surface area contributed by atoms with Crippen molar-refractivity contribution < 1.29 is 14.7 Å². The van der Waals surface area contributed by atoms with E-state index in [4.69, 9.17) is 0 Å². The van der Waals surface area contributed by atoms with Gasteiger partial charge in [0.1, 0.15) is 0 Å². The summed E-state index contributed by atoms with van der Waals surface area (Å²) >= 11 is 0. The summed E-state index contributed by atoms with van der Waals surface area (Å²) in [6, 6.07) is 13.4. The van der Waals surface area contributed by atoms with Gasteiger partial charge in [0.15, 0.2) is 5.78 Å². The average Bonchev–Trinajstić information content (AvgIpc) is 2.88. The third-order valence-electron chi connectivity index (χ3n) is 4.51. The van der Waals surface area contributed by atoms with E-state index >= 15 is 0 Å². The number of aliphatic carboxylic acids is 1. The number of carbonyl (C=O) groups excluding carboxylic acids is 1. The first-order valence-corrected chi connectivity index (χ1v) is 7.32. The van der Waals surface area contributed by atoms with E-state index in [1.54, 1.807) is 0 Å². The Morgan fingerprint density at radius 3 is 2.43 bits per heavy atom. The molecule has 1 aliphatic carbocycles. The molecule has 0 spiro atoms. The van der Waals surface area contributed by atoms with Gasteiger partial charge < -0.3 is 5.11 Å². The summed E-state index contributed by atoms with van der Waals surface area (Å²) in [6.07, 6.45) is 1.26. The van der Waals surface area contributed by atoms with Gasteiger partial charge in [-0.15, -0.1) is 0 Å². The summed E-state index contributed by atoms with van der Waals surface area (Å²) in [5.41, 5.74) is 0.651. The summed E-state index contributed by atoms with van der Waals surface area (Å²) < 4.78 is 0. The van der Waals surface area contributed by atoms with Crippen molar-refractivity contribution in [3.05, 3.63) is 48.0 Å². The van der Waals surface area contributed by atoms with Crippen molar-refractivity contribution in [1.82, 2.24) is 0 Å². The van der Waals surface area contributed by atoms with Gasteiger partial charge in [0.2, 0.25) is 0 Å². The molecule has 0 aliphatic heterocycles. The van der Waals surface area contributed by atoms with E-state index in [1.165, 1.54) is 0 Å². The highest BCUT2D eigenvalue weighted by molar-refractivity contribution is 6.10. The van der Waals surface area contributed by atoms with Gasteiger partial charge in [-0.05, 0) is 29.5 Å². The Bertz CT molecular complexity index is 699. The zero-order valence-electron chi connectivity index (χ0n) is 12.0. The van der Waals surface area contributed by atoms with E-state index in [-0.39, 0.29) is 11.7 Å². The molecule has 0 amide bonds. The Morgan fingerprint density at radius 2 is 1.67 bits per heavy atom. The van der Waals surface area contributed by atoms with Gasteiger partial charge in [-0.25, -0.2) is 0 Å². The number of carboxylic acid groups (broad SMARTS) is 1. The first-order chi connectivity index (χ1) is 10.1. The normalized spacial score (nSPS) is 25.1. The number of hydrogen-bond donors (Lipinski definition) is 1. The molecule has 0 saturated heterocycles. The second-order valence-electron chi connectivity index (χ2n) is 6.02. The number of rotatable bonds is 3. The molecular formula is C18H18O3. The number of carbonyl (C=O) groups is 2. The summed E-state index contributed by atoms with van der Waals surface area (Å²) in [5.74, 6) is -1.54. The number of hydrogen-bond acceptors (Lipinski definition) is 2. The molecule has 0 radical (unpaired) electrons. The maximum Gasteiger partial charge on any atom is 0.307 e. The fourth-order valence-corrected chi connectivity index (χ4v) is 3.49. The quantitative estimate of drug-likeness (QED) is 0.872. The molecule has 1 saturated carbocycles. The largest absolute Gasteiger partial charge is 0.481 e. The fourth-order valence-electron chi connectivity index (χ4n) is 3.49. The predicted octanol–water partition coefficient (Wildman–Crippen LogP) is 3.77. The zero-order chi connectivity index (χ0) is 15.0. The topological polar surface area (TPSA) is 54.4 Å². The van der Waals surface area contributed by atoms with Gasteiger partial charge in [-0.3, -0.25) is 9.59 Å². The van der Waals surface area contributed by atoms with Crippen LogP contribution in [0.4, 0.5) is 0 Å². The van der Waals surface area contributed by atoms with Crippen LogP contribution in [0.5, 0.6) is 0 Å². The van der Waals surface area contributed by atoms with E-state index < -0.39 is 17.8 Å². The van der Waals surface area contributed by atoms with Crippen molar-refractivity contribution in [2.24, 2.45) is 17.8 Å². The number of fused-ring (bicyclic) bond motifs is 1. The van der Waals surface area contributed by atoms with Crippen LogP contribution in [0.25, 0.3) is 10.8 Å². The van der Waals surface area contributed by atoms with Gasteiger partial charge in [0.25, 0.3) is 0 Å². The van der Waals surface area contributed by atoms with Crippen molar-refractivity contribution in [3.63, 3.8) is 0 Å². The van der Waals surface area contributed by atoms with Crippen LogP contribution in [0.2, 0.25) is 0 Å². The molecule has 3 atom stereocenters. The third kappa shape index (κ3) is 2.44. The summed E-state index contributed by atoms with van der Waals surface area (Å²) in [6.45, 7) is 2.02. The van der Waals surface area contributed by atoms with E-state index in [9.17, 15) is 14.7 Å². The van der Waals surface area contributed by atoms with Crippen LogP contribution in [0, 0.1) is 17.8 Å². The molecule has 2 aromatic carbocycles. The number of benzene rings is 2. The van der Waals surface area contributed by atoms with Crippen LogP contribution in [0.1, 0.15) is 30.1 Å². The first-order valence-electron chi connectivity index (χ1n) is 7.32. The van der Waals surface area contributed by atoms with Gasteiger partial charge >= 0.3 is 5.97 Å². The van der Waals surface area contributed by atoms with Gasteiger partial charge in [-0.1, -0.05) is 49.4 Å². The standard InChI is InChI=1S/C18H18O3/c1-11-9-15(16(10-11)18(20)21)17(19)14-8-4-6-12-5-2-3-7-13(12)14/h2-8,11,15-16H,9-10H2,1H3,(H,20,21). The van der Waals surface area contributed by atoms with E-state index in [0.717, 1.165) is 10.8 Å². The minimum atomic E-state index is -0.849. The Labute approximate surface area is 123 Å². The molecule has 0 bridgehead atoms. The van der Waals surface area contributed by atoms with Crippen LogP contribution >= 0.6 is 0 Å². The molecule has 1 N–H and O–H groups in total. The smallest absolute Gasteiger partial charge is 0.307 e. The summed E-state index contributed by atoms with van der Waals surface area (Å²) in [5, 5.41) is 11.3. The van der Waals surface area contributed by atoms with Crippen molar-refractivity contribution >= 4 is 22.5 Å². The molecular weight excluding hydrogens is 264 g/mol. The lowest BCUT2D eigenvalue weighted by molar-refractivity contribution is -0.142. The second kappa shape index (κ2) is 5.32. The van der Waals surface area contributed by atoms with Crippen molar-refractivity contribution in [1.29, 1.82) is 0 Å². The molecule has 21 heavy (non-hydrogen) atoms. The molecule has 3 nitrogen and oxygen atoms in total. The lowest BCUT2D eigenvalue weighted by Crippen LogP contribution is -2.25. The predicted molar refractivity (Wildman–Crippen MR) is 81.3 cm³/mol. The Kier molecular flexibility index (Phi) is 3.50. The maximum atomic E-state index is 12.9. The Morgan fingerprint density at radius 1 is 1.00 bits per heavy atom. The first kappa shape index (κ1) is 13.8. The van der Waals surface area contributed by atoms with E-state index in [0.29, 0.717) is 18.4 Å². The zero-order valence-corrected chi connectivity index (χ0v) is 12.0. The van der Waals surface area contributed by atoms with Gasteiger partial charge in [0.05, 0.1) is 5.92 Å². The molecule has 3 rings (SSSR count). The van der Waals surface area contributed by atoms with Crippen LogP contribution in [-0.2, 0) is 4.79 Å². The summed E-state index contributed by atoms with van der Waals surface area (Å²) in [4.78, 5) is 24.3. The Balaban J connectivity index is 2.02. The second-order valence-corrected chi connectivity index (χ2v) is 6.02. The highest BCUT2D eigenvalue weighted by Gasteiger charge is 2.41. The molecule has 0 heterocycles. The molecule has 108 valence electrons. The number of ketones is 1. The molecule has 3 heteroatoms. The lowest BCUT2D eigenvalue weighted by atomic mass is 9.86. The molecule has 2 aromatic rings. The number of carboxylic acids is 1. The lowest BCUT2D eigenvalue weighted by Gasteiger charge is -2.15. The molecule has 1 aliphatic rings. The van der Waals surface area contributed by atoms with Crippen molar-refractivity contribution in [2.45, 2.75) is 19.8 Å². The summed E-state index contributed by atoms with van der Waals surface area (Å²) in [7, 11) is 0. The van der Waals surface area contributed by atoms with Crippen molar-refractivity contribution in [2.75, 3.05) is 0 Å². The maximum absolute atomic E-state index is 12.9. The van der Waals surface area contributed by atoms with Crippen LogP contribution < -0.4 is 0 Å². The minimum Gasteiger partial charge on any atom is -0.481 e. The van der Waals surface area contributed by atoms with E-state index in [2.05, 4.69) is 0 Å². The van der Waals surface area contributed by atoms with E-state index in [1.807, 2.05) is 49.4 Å². The van der Waals surface area contributed by atoms with Crippen LogP contribution in [0.3, 0.4) is 0 Å². The van der Waals surface area contributed by atoms with Crippen LogP contribution in [0.15, 0.2) is 42.5 Å².